The van der Waals surface area contributed by atoms with Gasteiger partial charge in [-0.3, -0.25) is 9.58 Å². The van der Waals surface area contributed by atoms with Gasteiger partial charge in [0.15, 0.2) is 11.3 Å². The summed E-state index contributed by atoms with van der Waals surface area (Å²) in [6, 6.07) is 10.0. The van der Waals surface area contributed by atoms with Crippen molar-refractivity contribution >= 4 is 28.7 Å². The molecular formula is C32H38ClFN8O3. The lowest BCUT2D eigenvalue weighted by molar-refractivity contribution is 0.0594. The minimum Gasteiger partial charge on any atom is -0.472 e. The molecule has 0 amide bonds. The molecule has 0 saturated carbocycles. The molecule has 1 aliphatic rings. The quantitative estimate of drug-likeness (QED) is 0.174. The molecule has 5 heterocycles. The molecule has 1 saturated heterocycles. The maximum atomic E-state index is 14.1. The van der Waals surface area contributed by atoms with Gasteiger partial charge in [-0.25, -0.2) is 24.1 Å². The number of pyridine rings is 1. The summed E-state index contributed by atoms with van der Waals surface area (Å²) in [5.41, 5.74) is 3.06. The SMILES string of the molecule is CC.CCn1cncc1Cn1c(CN2CCC(n3ccc(OCc4ccc(Cl)cc4F)n3)CC2)nc2ccc(C(=O)OC)nc21. The molecule has 0 spiro atoms. The van der Waals surface area contributed by atoms with Crippen LogP contribution in [0, 0.1) is 5.82 Å². The van der Waals surface area contributed by atoms with Crippen LogP contribution in [0.4, 0.5) is 4.39 Å². The number of methoxy groups -OCH3 is 1. The zero-order valence-electron chi connectivity index (χ0n) is 26.0. The third kappa shape index (κ3) is 7.34. The maximum absolute atomic E-state index is 14.1. The van der Waals surface area contributed by atoms with Crippen molar-refractivity contribution in [3.63, 3.8) is 0 Å². The Balaban J connectivity index is 0.00000196. The highest BCUT2D eigenvalue weighted by molar-refractivity contribution is 6.30. The number of aromatic nitrogens is 7. The van der Waals surface area contributed by atoms with Gasteiger partial charge >= 0.3 is 5.97 Å². The van der Waals surface area contributed by atoms with Crippen molar-refractivity contribution in [2.24, 2.45) is 0 Å². The Labute approximate surface area is 266 Å². The van der Waals surface area contributed by atoms with Crippen molar-refractivity contribution in [1.82, 2.24) is 38.8 Å². The number of piperidine rings is 1. The van der Waals surface area contributed by atoms with Crippen LogP contribution < -0.4 is 4.74 Å². The molecule has 45 heavy (non-hydrogen) atoms. The number of hydrogen-bond donors (Lipinski definition) is 0. The van der Waals surface area contributed by atoms with Crippen LogP contribution in [0.5, 0.6) is 5.88 Å². The number of fused-ring (bicyclic) bond motifs is 1. The Bertz CT molecular complexity index is 1740. The topological polar surface area (TPSA) is 105 Å². The first-order chi connectivity index (χ1) is 21.9. The minimum absolute atomic E-state index is 0.0779. The standard InChI is InChI=1S/C30H32ClFN8O3.C2H6/c1-3-38-19-33-15-23(38)16-39-27(34-25-6-7-26(30(41)42-2)35-29(25)39)17-37-11-8-22(9-12-37)40-13-10-28(36-40)43-18-20-4-5-21(31)14-24(20)32;1-2/h4-7,10,13-15,19,22H,3,8-9,11-12,16-18H2,1-2H3;1-2H3. The summed E-state index contributed by atoms with van der Waals surface area (Å²) in [5.74, 6) is 0.441. The van der Waals surface area contributed by atoms with Gasteiger partial charge in [-0.2, -0.15) is 0 Å². The fourth-order valence-corrected chi connectivity index (χ4v) is 5.57. The van der Waals surface area contributed by atoms with E-state index in [0.717, 1.165) is 49.5 Å². The van der Waals surface area contributed by atoms with Crippen molar-refractivity contribution in [3.05, 3.63) is 88.7 Å². The molecule has 4 aromatic heterocycles. The summed E-state index contributed by atoms with van der Waals surface area (Å²) in [5, 5.41) is 4.94. The molecule has 0 unspecified atom stereocenters. The number of likely N-dealkylation sites (tertiary alicyclic amines) is 1. The van der Waals surface area contributed by atoms with Crippen LogP contribution in [0.25, 0.3) is 11.2 Å². The molecule has 6 rings (SSSR count). The van der Waals surface area contributed by atoms with Crippen molar-refractivity contribution < 1.29 is 18.7 Å². The van der Waals surface area contributed by atoms with Crippen LogP contribution in [0.1, 0.15) is 67.2 Å². The van der Waals surface area contributed by atoms with Gasteiger partial charge in [-0.1, -0.05) is 31.5 Å². The highest BCUT2D eigenvalue weighted by Gasteiger charge is 2.24. The summed E-state index contributed by atoms with van der Waals surface area (Å²) >= 11 is 5.84. The summed E-state index contributed by atoms with van der Waals surface area (Å²) in [6.45, 7) is 9.82. The predicted molar refractivity (Wildman–Crippen MR) is 169 cm³/mol. The number of halogens is 2. The van der Waals surface area contributed by atoms with Gasteiger partial charge in [-0.05, 0) is 44.0 Å². The van der Waals surface area contributed by atoms with Crippen LogP contribution >= 0.6 is 11.6 Å². The highest BCUT2D eigenvalue weighted by atomic mass is 35.5. The Morgan fingerprint density at radius 3 is 2.62 bits per heavy atom. The van der Waals surface area contributed by atoms with E-state index in [9.17, 15) is 9.18 Å². The van der Waals surface area contributed by atoms with Gasteiger partial charge in [0.2, 0.25) is 5.88 Å². The molecule has 0 atom stereocenters. The predicted octanol–water partition coefficient (Wildman–Crippen LogP) is 5.91. The fraction of sp³-hybridized carbons (Fsp3) is 0.406. The van der Waals surface area contributed by atoms with E-state index in [-0.39, 0.29) is 18.3 Å². The first-order valence-corrected chi connectivity index (χ1v) is 15.6. The zero-order valence-corrected chi connectivity index (χ0v) is 26.7. The molecule has 0 N–H and O–H groups in total. The number of rotatable bonds is 10. The first-order valence-electron chi connectivity index (χ1n) is 15.2. The fourth-order valence-electron chi connectivity index (χ4n) is 5.41. The molecular weight excluding hydrogens is 599 g/mol. The van der Waals surface area contributed by atoms with E-state index >= 15 is 0 Å². The van der Waals surface area contributed by atoms with E-state index in [1.165, 1.54) is 13.2 Å². The Hall–Kier alpha value is -4.29. The van der Waals surface area contributed by atoms with E-state index < -0.39 is 11.8 Å². The molecule has 11 nitrogen and oxygen atoms in total. The van der Waals surface area contributed by atoms with Gasteiger partial charge in [-0.15, -0.1) is 5.10 Å². The molecule has 1 fully saturated rings. The lowest BCUT2D eigenvalue weighted by Gasteiger charge is -2.31. The number of benzene rings is 1. The number of ether oxygens (including phenoxy) is 2. The van der Waals surface area contributed by atoms with Crippen LogP contribution in [0.2, 0.25) is 5.02 Å². The van der Waals surface area contributed by atoms with Crippen LogP contribution in [-0.4, -0.2) is 64.9 Å². The number of nitrogens with zero attached hydrogens (tertiary/aromatic N) is 8. The second-order valence-electron chi connectivity index (χ2n) is 10.5. The summed E-state index contributed by atoms with van der Waals surface area (Å²) < 4.78 is 30.8. The molecule has 0 radical (unpaired) electrons. The molecule has 0 bridgehead atoms. The summed E-state index contributed by atoms with van der Waals surface area (Å²) in [4.78, 5) is 28.4. The number of hydrogen-bond acceptors (Lipinski definition) is 8. The lowest BCUT2D eigenvalue weighted by atomic mass is 10.1. The summed E-state index contributed by atoms with van der Waals surface area (Å²) in [7, 11) is 1.35. The van der Waals surface area contributed by atoms with Crippen molar-refractivity contribution in [3.8, 4) is 5.88 Å². The van der Waals surface area contributed by atoms with Crippen LogP contribution in [0.3, 0.4) is 0 Å². The van der Waals surface area contributed by atoms with Gasteiger partial charge in [0, 0.05) is 48.7 Å². The van der Waals surface area contributed by atoms with Gasteiger partial charge in [0.25, 0.3) is 0 Å². The first kappa shape index (κ1) is 32.1. The van der Waals surface area contributed by atoms with Gasteiger partial charge < -0.3 is 18.6 Å². The normalized spacial score (nSPS) is 13.9. The number of carbonyl (C=O) groups excluding carboxylic acids is 1. The van der Waals surface area contributed by atoms with E-state index in [0.29, 0.717) is 35.2 Å². The second-order valence-corrected chi connectivity index (χ2v) is 10.9. The van der Waals surface area contributed by atoms with Gasteiger partial charge in [0.05, 0.1) is 38.3 Å². The lowest BCUT2D eigenvalue weighted by Crippen LogP contribution is -2.35. The second kappa shape index (κ2) is 14.7. The smallest absolute Gasteiger partial charge is 0.356 e. The van der Waals surface area contributed by atoms with Crippen molar-refractivity contribution in [2.45, 2.75) is 65.9 Å². The van der Waals surface area contributed by atoms with Crippen molar-refractivity contribution in [2.75, 3.05) is 20.2 Å². The minimum atomic E-state index is -0.485. The van der Waals surface area contributed by atoms with Crippen molar-refractivity contribution in [1.29, 1.82) is 0 Å². The van der Waals surface area contributed by atoms with E-state index in [1.54, 1.807) is 24.3 Å². The molecule has 1 aliphatic heterocycles. The molecule has 0 aliphatic carbocycles. The number of esters is 1. The number of aryl methyl sites for hydroxylation is 1. The Morgan fingerprint density at radius 2 is 1.89 bits per heavy atom. The Morgan fingerprint density at radius 1 is 1.09 bits per heavy atom. The number of carbonyl (C=O) groups is 1. The van der Waals surface area contributed by atoms with Crippen LogP contribution in [0.15, 0.2) is 55.1 Å². The van der Waals surface area contributed by atoms with E-state index in [1.807, 2.05) is 43.3 Å². The number of imidazole rings is 2. The third-order valence-corrected chi connectivity index (χ3v) is 8.03. The highest BCUT2D eigenvalue weighted by Crippen LogP contribution is 2.26. The molecule has 1 aromatic carbocycles. The molecule has 238 valence electrons. The Kier molecular flexibility index (Phi) is 10.5. The largest absolute Gasteiger partial charge is 0.472 e. The average Bonchev–Trinajstić information content (AvgIpc) is 3.81. The molecule has 5 aromatic rings. The maximum Gasteiger partial charge on any atom is 0.356 e. The summed E-state index contributed by atoms with van der Waals surface area (Å²) in [6.07, 6.45) is 7.38. The van der Waals surface area contributed by atoms with E-state index in [4.69, 9.17) is 26.1 Å². The average molecular weight is 637 g/mol. The third-order valence-electron chi connectivity index (χ3n) is 7.80. The monoisotopic (exact) mass is 636 g/mol. The van der Waals surface area contributed by atoms with Gasteiger partial charge in [0.1, 0.15) is 23.8 Å². The van der Waals surface area contributed by atoms with E-state index in [2.05, 4.69) is 36.0 Å². The molecule has 13 heteroatoms. The zero-order chi connectivity index (χ0) is 31.9. The van der Waals surface area contributed by atoms with Crippen LogP contribution in [-0.2, 0) is 31.0 Å².